The summed E-state index contributed by atoms with van der Waals surface area (Å²) < 4.78 is 39.8. The molecule has 2 rings (SSSR count). The lowest BCUT2D eigenvalue weighted by molar-refractivity contribution is -0.192. The van der Waals surface area contributed by atoms with Gasteiger partial charge in [0.15, 0.2) is 5.65 Å². The van der Waals surface area contributed by atoms with Crippen LogP contribution < -0.4 is 5.32 Å². The van der Waals surface area contributed by atoms with Gasteiger partial charge < -0.3 is 10.4 Å². The van der Waals surface area contributed by atoms with Crippen molar-refractivity contribution in [3.8, 4) is 0 Å². The van der Waals surface area contributed by atoms with Crippen LogP contribution in [0, 0.1) is 0 Å². The van der Waals surface area contributed by atoms with E-state index >= 15 is 0 Å². The van der Waals surface area contributed by atoms with E-state index in [0.717, 1.165) is 0 Å². The van der Waals surface area contributed by atoms with Crippen LogP contribution in [0.5, 0.6) is 0 Å². The molecule has 0 aromatic carbocycles. The normalized spacial score (nSPS) is 15.2. The maximum atomic E-state index is 12.8. The first-order valence-corrected chi connectivity index (χ1v) is 5.13. The van der Waals surface area contributed by atoms with E-state index in [-0.39, 0.29) is 5.82 Å². The SMILES string of the molecule is CC(Nc1ccn2nccc2n1)(C(=O)O)C(F)(F)F. The van der Waals surface area contributed by atoms with Crippen molar-refractivity contribution in [1.29, 1.82) is 0 Å². The maximum Gasteiger partial charge on any atom is 0.422 e. The summed E-state index contributed by atoms with van der Waals surface area (Å²) in [6.45, 7) is 0.539. The van der Waals surface area contributed by atoms with Crippen LogP contribution in [0.3, 0.4) is 0 Å². The molecule has 0 saturated heterocycles. The van der Waals surface area contributed by atoms with Gasteiger partial charge in [0.25, 0.3) is 0 Å². The fourth-order valence-electron chi connectivity index (χ4n) is 1.38. The van der Waals surface area contributed by atoms with Gasteiger partial charge in [0.2, 0.25) is 5.54 Å². The molecule has 1 unspecified atom stereocenters. The average molecular weight is 274 g/mol. The number of carboxylic acids is 1. The summed E-state index contributed by atoms with van der Waals surface area (Å²) in [6.07, 6.45) is -2.16. The number of aliphatic carboxylic acids is 1. The van der Waals surface area contributed by atoms with Crippen molar-refractivity contribution >= 4 is 17.4 Å². The Labute approximate surface area is 104 Å². The predicted molar refractivity (Wildman–Crippen MR) is 58.7 cm³/mol. The molecule has 2 heterocycles. The van der Waals surface area contributed by atoms with E-state index in [2.05, 4.69) is 10.1 Å². The van der Waals surface area contributed by atoms with E-state index in [1.165, 1.54) is 29.0 Å². The van der Waals surface area contributed by atoms with Crippen LogP contribution in [0.2, 0.25) is 0 Å². The molecule has 0 spiro atoms. The molecule has 2 N–H and O–H groups in total. The summed E-state index contributed by atoms with van der Waals surface area (Å²) in [5, 5.41) is 14.5. The van der Waals surface area contributed by atoms with Gasteiger partial charge in [-0.15, -0.1) is 0 Å². The molecular formula is C10H9F3N4O2. The first-order chi connectivity index (χ1) is 8.74. The first-order valence-electron chi connectivity index (χ1n) is 5.13. The molecule has 0 aliphatic carbocycles. The van der Waals surface area contributed by atoms with Gasteiger partial charge in [0.1, 0.15) is 5.82 Å². The third-order valence-corrected chi connectivity index (χ3v) is 2.63. The monoisotopic (exact) mass is 274 g/mol. The Balaban J connectivity index is 2.39. The van der Waals surface area contributed by atoms with Gasteiger partial charge in [-0.3, -0.25) is 0 Å². The zero-order chi connectivity index (χ0) is 14.3. The lowest BCUT2D eigenvalue weighted by atomic mass is 10.0. The smallest absolute Gasteiger partial charge is 0.422 e. The number of nitrogens with zero attached hydrogens (tertiary/aromatic N) is 3. The second-order valence-corrected chi connectivity index (χ2v) is 4.00. The number of carboxylic acid groups (broad SMARTS) is 1. The van der Waals surface area contributed by atoms with Crippen molar-refractivity contribution in [2.75, 3.05) is 5.32 Å². The second-order valence-electron chi connectivity index (χ2n) is 4.00. The molecule has 1 atom stereocenters. The van der Waals surface area contributed by atoms with Crippen LogP contribution >= 0.6 is 0 Å². The summed E-state index contributed by atoms with van der Waals surface area (Å²) in [6, 6.07) is 2.70. The zero-order valence-electron chi connectivity index (χ0n) is 9.64. The number of rotatable bonds is 3. The van der Waals surface area contributed by atoms with E-state index in [9.17, 15) is 18.0 Å². The Hall–Kier alpha value is -2.32. The van der Waals surface area contributed by atoms with Crippen LogP contribution in [-0.4, -0.2) is 37.4 Å². The Morgan fingerprint density at radius 3 is 2.68 bits per heavy atom. The zero-order valence-corrected chi connectivity index (χ0v) is 9.64. The lowest BCUT2D eigenvalue weighted by Crippen LogP contribution is -2.55. The molecule has 0 fully saturated rings. The van der Waals surface area contributed by atoms with Crippen molar-refractivity contribution in [3.63, 3.8) is 0 Å². The van der Waals surface area contributed by atoms with Gasteiger partial charge in [-0.2, -0.15) is 18.3 Å². The molecule has 19 heavy (non-hydrogen) atoms. The van der Waals surface area contributed by atoms with Gasteiger partial charge in [-0.05, 0) is 13.0 Å². The molecule has 0 amide bonds. The van der Waals surface area contributed by atoms with Crippen LogP contribution in [0.15, 0.2) is 24.5 Å². The van der Waals surface area contributed by atoms with Crippen LogP contribution in [0.1, 0.15) is 6.92 Å². The van der Waals surface area contributed by atoms with Gasteiger partial charge in [0, 0.05) is 12.3 Å². The number of hydrogen-bond acceptors (Lipinski definition) is 4. The van der Waals surface area contributed by atoms with Crippen molar-refractivity contribution in [2.24, 2.45) is 0 Å². The minimum atomic E-state index is -4.97. The second kappa shape index (κ2) is 4.11. The number of fused-ring (bicyclic) bond motifs is 1. The number of anilines is 1. The highest BCUT2D eigenvalue weighted by atomic mass is 19.4. The predicted octanol–water partition coefficient (Wildman–Crippen LogP) is 1.55. The standard InChI is InChI=1S/C10H9F3N4O2/c1-9(8(18)19,10(11,12)13)16-6-3-5-17-7(15-6)2-4-14-17/h2-5H,1H3,(H,15,16)(H,18,19). The van der Waals surface area contributed by atoms with E-state index < -0.39 is 17.7 Å². The molecule has 0 aliphatic rings. The van der Waals surface area contributed by atoms with E-state index in [4.69, 9.17) is 5.11 Å². The highest BCUT2D eigenvalue weighted by Crippen LogP contribution is 2.33. The Morgan fingerprint density at radius 1 is 1.42 bits per heavy atom. The van der Waals surface area contributed by atoms with Gasteiger partial charge in [0.05, 0.1) is 6.20 Å². The van der Waals surface area contributed by atoms with E-state index in [1.807, 2.05) is 5.32 Å². The van der Waals surface area contributed by atoms with Crippen LogP contribution in [0.4, 0.5) is 19.0 Å². The highest BCUT2D eigenvalue weighted by molar-refractivity contribution is 5.83. The summed E-state index contributed by atoms with van der Waals surface area (Å²) in [4.78, 5) is 14.7. The summed E-state index contributed by atoms with van der Waals surface area (Å²) in [5.74, 6) is -2.23. The number of aromatic nitrogens is 3. The molecule has 6 nitrogen and oxygen atoms in total. The van der Waals surface area contributed by atoms with Gasteiger partial charge in [-0.1, -0.05) is 0 Å². The van der Waals surface area contributed by atoms with E-state index in [0.29, 0.717) is 12.6 Å². The lowest BCUT2D eigenvalue weighted by Gasteiger charge is -2.28. The van der Waals surface area contributed by atoms with Crippen molar-refractivity contribution in [1.82, 2.24) is 14.6 Å². The first kappa shape index (κ1) is 13.1. The summed E-state index contributed by atoms with van der Waals surface area (Å²) in [7, 11) is 0. The number of alkyl halides is 3. The minimum absolute atomic E-state index is 0.199. The summed E-state index contributed by atoms with van der Waals surface area (Å²) >= 11 is 0. The van der Waals surface area contributed by atoms with E-state index in [1.54, 1.807) is 0 Å². The number of hydrogen-bond donors (Lipinski definition) is 2. The molecule has 0 saturated carbocycles. The van der Waals surface area contributed by atoms with Crippen molar-refractivity contribution in [3.05, 3.63) is 24.5 Å². The van der Waals surface area contributed by atoms with Crippen molar-refractivity contribution in [2.45, 2.75) is 18.6 Å². The molecule has 0 bridgehead atoms. The number of nitrogens with one attached hydrogen (secondary N) is 1. The minimum Gasteiger partial charge on any atom is -0.479 e. The van der Waals surface area contributed by atoms with Crippen LogP contribution in [0.25, 0.3) is 5.65 Å². The quantitative estimate of drug-likeness (QED) is 0.887. The Morgan fingerprint density at radius 2 is 2.11 bits per heavy atom. The fraction of sp³-hybridized carbons (Fsp3) is 0.300. The molecular weight excluding hydrogens is 265 g/mol. The largest absolute Gasteiger partial charge is 0.479 e. The Bertz CT molecular complexity index is 625. The molecule has 2 aromatic heterocycles. The molecule has 102 valence electrons. The fourth-order valence-corrected chi connectivity index (χ4v) is 1.38. The van der Waals surface area contributed by atoms with Gasteiger partial charge >= 0.3 is 12.1 Å². The summed E-state index contributed by atoms with van der Waals surface area (Å²) in [5.41, 5.74) is -2.81. The van der Waals surface area contributed by atoms with Crippen LogP contribution in [-0.2, 0) is 4.79 Å². The third kappa shape index (κ3) is 2.18. The Kier molecular flexibility index (Phi) is 2.84. The van der Waals surface area contributed by atoms with Gasteiger partial charge in [-0.25, -0.2) is 14.3 Å². The third-order valence-electron chi connectivity index (χ3n) is 2.63. The molecule has 0 aliphatic heterocycles. The molecule has 9 heteroatoms. The highest BCUT2D eigenvalue weighted by Gasteiger charge is 2.57. The number of carbonyl (C=O) groups is 1. The maximum absolute atomic E-state index is 12.8. The molecule has 2 aromatic rings. The topological polar surface area (TPSA) is 79.5 Å². The van der Waals surface area contributed by atoms with Crippen molar-refractivity contribution < 1.29 is 23.1 Å². The molecule has 0 radical (unpaired) electrons. The number of halogens is 3. The average Bonchev–Trinajstić information content (AvgIpc) is 2.74.